The number of benzene rings is 2. The molecule has 0 aliphatic rings. The minimum Gasteiger partial charge on any atom is -0.392 e. The minimum absolute atomic E-state index is 0.179. The Morgan fingerprint density at radius 1 is 1.20 bits per heavy atom. The zero-order valence-electron chi connectivity index (χ0n) is 10.4. The number of hydrogen-bond acceptors (Lipinski definition) is 2. The molecule has 0 saturated heterocycles. The van der Waals surface area contributed by atoms with Crippen molar-refractivity contribution >= 4 is 33.3 Å². The highest BCUT2D eigenvalue weighted by atomic mass is 79.9. The molecule has 0 bridgehead atoms. The molecule has 6 heteroatoms. The lowest BCUT2D eigenvalue weighted by atomic mass is 10.2. The Balaban J connectivity index is 2.09. The molecule has 2 amide bonds. The third kappa shape index (κ3) is 3.79. The number of aliphatic hydroxyl groups excluding tert-OH is 1. The number of aliphatic hydroxyl groups is 1. The Kier molecular flexibility index (Phi) is 4.70. The highest BCUT2D eigenvalue weighted by molar-refractivity contribution is 9.10. The van der Waals surface area contributed by atoms with Gasteiger partial charge < -0.3 is 15.7 Å². The molecule has 0 saturated carbocycles. The van der Waals surface area contributed by atoms with E-state index in [1.165, 1.54) is 12.1 Å². The standard InChI is InChI=1S/C14H12BrFN2O2/c15-10-5-11(16)7-12(6-10)17-14(20)18-13-4-2-1-3-9(13)8-19/h1-7,19H,8H2,(H2,17,18,20). The lowest BCUT2D eigenvalue weighted by Gasteiger charge is -2.11. The summed E-state index contributed by atoms with van der Waals surface area (Å²) >= 11 is 3.15. The molecule has 4 nitrogen and oxygen atoms in total. The van der Waals surface area contributed by atoms with Gasteiger partial charge in [-0.15, -0.1) is 0 Å². The first-order chi connectivity index (χ1) is 9.58. The van der Waals surface area contributed by atoms with Crippen molar-refractivity contribution in [2.45, 2.75) is 6.61 Å². The van der Waals surface area contributed by atoms with Gasteiger partial charge in [-0.05, 0) is 24.3 Å². The van der Waals surface area contributed by atoms with E-state index in [0.717, 1.165) is 0 Å². The van der Waals surface area contributed by atoms with E-state index in [0.29, 0.717) is 21.4 Å². The maximum atomic E-state index is 13.2. The summed E-state index contributed by atoms with van der Waals surface area (Å²) in [4.78, 5) is 11.8. The van der Waals surface area contributed by atoms with Gasteiger partial charge in [0.2, 0.25) is 0 Å². The van der Waals surface area contributed by atoms with Crippen molar-refractivity contribution in [1.82, 2.24) is 0 Å². The highest BCUT2D eigenvalue weighted by Crippen LogP contribution is 2.19. The summed E-state index contributed by atoms with van der Waals surface area (Å²) in [7, 11) is 0. The molecule has 0 spiro atoms. The lowest BCUT2D eigenvalue weighted by molar-refractivity contribution is 0.262. The first-order valence-electron chi connectivity index (χ1n) is 5.81. The topological polar surface area (TPSA) is 61.4 Å². The number of anilines is 2. The van der Waals surface area contributed by atoms with Crippen LogP contribution in [0, 0.1) is 5.82 Å². The summed E-state index contributed by atoms with van der Waals surface area (Å²) in [5.74, 6) is -0.453. The van der Waals surface area contributed by atoms with Crippen LogP contribution in [0.15, 0.2) is 46.9 Å². The van der Waals surface area contributed by atoms with Crippen LogP contribution in [-0.4, -0.2) is 11.1 Å². The second-order valence-electron chi connectivity index (χ2n) is 4.05. The fraction of sp³-hybridized carbons (Fsp3) is 0.0714. The van der Waals surface area contributed by atoms with E-state index in [1.807, 2.05) is 0 Å². The molecule has 2 rings (SSSR count). The van der Waals surface area contributed by atoms with E-state index in [4.69, 9.17) is 5.11 Å². The van der Waals surface area contributed by atoms with Gasteiger partial charge in [0.1, 0.15) is 5.82 Å². The van der Waals surface area contributed by atoms with Crippen LogP contribution in [0.25, 0.3) is 0 Å². The number of carbonyl (C=O) groups excluding carboxylic acids is 1. The van der Waals surface area contributed by atoms with Crippen LogP contribution in [-0.2, 0) is 6.61 Å². The predicted octanol–water partition coefficient (Wildman–Crippen LogP) is 3.72. The number of hydrogen-bond donors (Lipinski definition) is 3. The summed E-state index contributed by atoms with van der Waals surface area (Å²) in [5, 5.41) is 14.3. The van der Waals surface area contributed by atoms with Crippen LogP contribution >= 0.6 is 15.9 Å². The molecule has 20 heavy (non-hydrogen) atoms. The van der Waals surface area contributed by atoms with Crippen molar-refractivity contribution in [2.24, 2.45) is 0 Å². The number of para-hydroxylation sites is 1. The third-order valence-corrected chi connectivity index (χ3v) is 3.01. The summed E-state index contributed by atoms with van der Waals surface area (Å²) in [6.45, 7) is -0.179. The summed E-state index contributed by atoms with van der Waals surface area (Å²) in [6.07, 6.45) is 0. The highest BCUT2D eigenvalue weighted by Gasteiger charge is 2.07. The smallest absolute Gasteiger partial charge is 0.323 e. The zero-order chi connectivity index (χ0) is 14.5. The predicted molar refractivity (Wildman–Crippen MR) is 79.1 cm³/mol. The summed E-state index contributed by atoms with van der Waals surface area (Å²) < 4.78 is 13.7. The number of amides is 2. The molecular weight excluding hydrogens is 327 g/mol. The Labute approximate surface area is 123 Å². The van der Waals surface area contributed by atoms with Crippen molar-refractivity contribution in [3.8, 4) is 0 Å². The van der Waals surface area contributed by atoms with Crippen molar-refractivity contribution in [1.29, 1.82) is 0 Å². The molecule has 2 aromatic carbocycles. The number of urea groups is 1. The SMILES string of the molecule is O=C(Nc1cc(F)cc(Br)c1)Nc1ccccc1CO. The molecule has 2 aromatic rings. The molecule has 104 valence electrons. The maximum Gasteiger partial charge on any atom is 0.323 e. The summed E-state index contributed by atoms with van der Waals surface area (Å²) in [5.41, 5.74) is 1.43. The molecular formula is C14H12BrFN2O2. The lowest BCUT2D eigenvalue weighted by Crippen LogP contribution is -2.20. The molecule has 0 atom stereocenters. The quantitative estimate of drug-likeness (QED) is 0.798. The van der Waals surface area contributed by atoms with Gasteiger partial charge in [0.25, 0.3) is 0 Å². The molecule has 0 unspecified atom stereocenters. The van der Waals surface area contributed by atoms with Gasteiger partial charge in [0.05, 0.1) is 6.61 Å². The Morgan fingerprint density at radius 3 is 2.65 bits per heavy atom. The first kappa shape index (κ1) is 14.5. The second kappa shape index (κ2) is 6.49. The normalized spacial score (nSPS) is 10.2. The van der Waals surface area contributed by atoms with Crippen LogP contribution in [0.1, 0.15) is 5.56 Å². The Bertz CT molecular complexity index is 614. The first-order valence-corrected chi connectivity index (χ1v) is 6.60. The molecule has 0 fully saturated rings. The van der Waals surface area contributed by atoms with E-state index in [9.17, 15) is 9.18 Å². The zero-order valence-corrected chi connectivity index (χ0v) is 11.9. The van der Waals surface area contributed by atoms with E-state index in [1.54, 1.807) is 30.3 Å². The second-order valence-corrected chi connectivity index (χ2v) is 4.97. The van der Waals surface area contributed by atoms with Crippen LogP contribution in [0.4, 0.5) is 20.6 Å². The van der Waals surface area contributed by atoms with Gasteiger partial charge in [-0.1, -0.05) is 34.1 Å². The van der Waals surface area contributed by atoms with Crippen molar-refractivity contribution in [3.63, 3.8) is 0 Å². The fourth-order valence-electron chi connectivity index (χ4n) is 1.69. The molecule has 0 radical (unpaired) electrons. The minimum atomic E-state index is -0.511. The van der Waals surface area contributed by atoms with E-state index in [2.05, 4.69) is 26.6 Å². The third-order valence-electron chi connectivity index (χ3n) is 2.56. The van der Waals surface area contributed by atoms with Crippen LogP contribution in [0.5, 0.6) is 0 Å². The maximum absolute atomic E-state index is 13.2. The Morgan fingerprint density at radius 2 is 1.95 bits per heavy atom. The van der Waals surface area contributed by atoms with Gasteiger partial charge in [0.15, 0.2) is 0 Å². The van der Waals surface area contributed by atoms with E-state index >= 15 is 0 Å². The summed E-state index contributed by atoms with van der Waals surface area (Å²) in [6, 6.07) is 10.5. The molecule has 0 aromatic heterocycles. The van der Waals surface area contributed by atoms with Crippen molar-refractivity contribution < 1.29 is 14.3 Å². The molecule has 0 heterocycles. The molecule has 3 N–H and O–H groups in total. The number of halogens is 2. The Hall–Kier alpha value is -1.92. The van der Waals surface area contributed by atoms with Crippen LogP contribution in [0.3, 0.4) is 0 Å². The molecule has 0 aliphatic heterocycles. The number of rotatable bonds is 3. The van der Waals surface area contributed by atoms with Gasteiger partial charge in [-0.2, -0.15) is 0 Å². The van der Waals surface area contributed by atoms with Crippen molar-refractivity contribution in [2.75, 3.05) is 10.6 Å². The number of nitrogens with one attached hydrogen (secondary N) is 2. The largest absolute Gasteiger partial charge is 0.392 e. The van der Waals surface area contributed by atoms with Gasteiger partial charge in [-0.3, -0.25) is 0 Å². The van der Waals surface area contributed by atoms with Crippen LogP contribution < -0.4 is 10.6 Å². The van der Waals surface area contributed by atoms with E-state index < -0.39 is 11.8 Å². The average Bonchev–Trinajstić information content (AvgIpc) is 2.37. The average molecular weight is 339 g/mol. The number of carbonyl (C=O) groups is 1. The molecule has 0 aliphatic carbocycles. The van der Waals surface area contributed by atoms with Gasteiger partial charge >= 0.3 is 6.03 Å². The van der Waals surface area contributed by atoms with Crippen molar-refractivity contribution in [3.05, 3.63) is 58.3 Å². The van der Waals surface area contributed by atoms with Crippen LogP contribution in [0.2, 0.25) is 0 Å². The monoisotopic (exact) mass is 338 g/mol. The van der Waals surface area contributed by atoms with Gasteiger partial charge in [0, 0.05) is 21.4 Å². The fourth-order valence-corrected chi connectivity index (χ4v) is 2.16. The van der Waals surface area contributed by atoms with E-state index in [-0.39, 0.29) is 6.61 Å². The van der Waals surface area contributed by atoms with Gasteiger partial charge in [-0.25, -0.2) is 9.18 Å².